The first kappa shape index (κ1) is 13.6. The standard InChI is InChI=1S/C11H12N6O3/c12-4-5(11(19)20)9-14-16-10(17-15-9)8-6(13)2-1-3-7(8)18/h1-3,5,18H,4,12-13H2,(H,19,20). The summed E-state index contributed by atoms with van der Waals surface area (Å²) in [5, 5.41) is 33.5. The Morgan fingerprint density at radius 1 is 1.25 bits per heavy atom. The van der Waals surface area contributed by atoms with Gasteiger partial charge in [0.25, 0.3) is 0 Å². The van der Waals surface area contributed by atoms with Gasteiger partial charge in [0.05, 0.1) is 5.56 Å². The average Bonchev–Trinajstić information content (AvgIpc) is 2.40. The number of aromatic hydroxyl groups is 1. The first-order valence-electron chi connectivity index (χ1n) is 5.62. The highest BCUT2D eigenvalue weighted by Crippen LogP contribution is 2.31. The van der Waals surface area contributed by atoms with Gasteiger partial charge in [0.15, 0.2) is 5.82 Å². The van der Waals surface area contributed by atoms with E-state index in [0.29, 0.717) is 0 Å². The number of nitrogens with zero attached hydrogens (tertiary/aromatic N) is 4. The first-order chi connectivity index (χ1) is 9.54. The molecule has 104 valence electrons. The van der Waals surface area contributed by atoms with E-state index in [1.165, 1.54) is 6.07 Å². The number of hydrogen-bond donors (Lipinski definition) is 4. The summed E-state index contributed by atoms with van der Waals surface area (Å²) >= 11 is 0. The van der Waals surface area contributed by atoms with Crippen molar-refractivity contribution in [1.82, 2.24) is 20.4 Å². The van der Waals surface area contributed by atoms with Crippen molar-refractivity contribution in [2.75, 3.05) is 12.3 Å². The smallest absolute Gasteiger partial charge is 0.315 e. The second kappa shape index (κ2) is 5.45. The van der Waals surface area contributed by atoms with Gasteiger partial charge in [-0.2, -0.15) is 0 Å². The van der Waals surface area contributed by atoms with Crippen molar-refractivity contribution >= 4 is 11.7 Å². The monoisotopic (exact) mass is 276 g/mol. The van der Waals surface area contributed by atoms with Gasteiger partial charge in [-0.1, -0.05) is 6.07 Å². The molecule has 20 heavy (non-hydrogen) atoms. The molecule has 0 radical (unpaired) electrons. The van der Waals surface area contributed by atoms with Gasteiger partial charge in [0.2, 0.25) is 5.82 Å². The molecule has 0 saturated carbocycles. The van der Waals surface area contributed by atoms with Crippen LogP contribution in [0.1, 0.15) is 11.7 Å². The molecule has 6 N–H and O–H groups in total. The summed E-state index contributed by atoms with van der Waals surface area (Å²) in [4.78, 5) is 10.9. The highest BCUT2D eigenvalue weighted by atomic mass is 16.4. The van der Waals surface area contributed by atoms with Gasteiger partial charge in [0.1, 0.15) is 11.7 Å². The van der Waals surface area contributed by atoms with Gasteiger partial charge in [-0.05, 0) is 12.1 Å². The van der Waals surface area contributed by atoms with E-state index in [-0.39, 0.29) is 35.2 Å². The molecule has 1 unspecified atom stereocenters. The molecule has 0 spiro atoms. The minimum Gasteiger partial charge on any atom is -0.507 e. The van der Waals surface area contributed by atoms with Crippen molar-refractivity contribution in [2.45, 2.75) is 5.92 Å². The number of aromatic nitrogens is 4. The van der Waals surface area contributed by atoms with E-state index in [2.05, 4.69) is 20.4 Å². The summed E-state index contributed by atoms with van der Waals surface area (Å²) in [5.74, 6) is -2.45. The predicted molar refractivity (Wildman–Crippen MR) is 68.6 cm³/mol. The quantitative estimate of drug-likeness (QED) is 0.531. The second-order valence-electron chi connectivity index (χ2n) is 3.95. The number of nitrogen functional groups attached to an aromatic ring is 1. The molecule has 0 amide bonds. The van der Waals surface area contributed by atoms with Crippen LogP contribution in [-0.2, 0) is 4.79 Å². The van der Waals surface area contributed by atoms with Crippen molar-refractivity contribution < 1.29 is 15.0 Å². The number of anilines is 1. The lowest BCUT2D eigenvalue weighted by Crippen LogP contribution is -2.24. The zero-order valence-corrected chi connectivity index (χ0v) is 10.3. The van der Waals surface area contributed by atoms with Crippen LogP contribution >= 0.6 is 0 Å². The summed E-state index contributed by atoms with van der Waals surface area (Å²) in [7, 11) is 0. The fraction of sp³-hybridized carbons (Fsp3) is 0.182. The molecule has 1 atom stereocenters. The minimum absolute atomic E-state index is 0.00510. The van der Waals surface area contributed by atoms with E-state index in [4.69, 9.17) is 16.6 Å². The third-order valence-corrected chi connectivity index (χ3v) is 2.64. The van der Waals surface area contributed by atoms with E-state index in [1.807, 2.05) is 0 Å². The largest absolute Gasteiger partial charge is 0.507 e. The molecule has 0 aliphatic carbocycles. The van der Waals surface area contributed by atoms with Gasteiger partial charge < -0.3 is 21.7 Å². The Hall–Kier alpha value is -2.81. The number of carbonyl (C=O) groups is 1. The lowest BCUT2D eigenvalue weighted by molar-refractivity contribution is -0.138. The van der Waals surface area contributed by atoms with Crippen LogP contribution in [0.3, 0.4) is 0 Å². The number of carboxylic acid groups (broad SMARTS) is 1. The molecule has 0 bridgehead atoms. The average molecular weight is 276 g/mol. The van der Waals surface area contributed by atoms with Gasteiger partial charge in [-0.15, -0.1) is 20.4 Å². The third kappa shape index (κ3) is 2.47. The number of aliphatic carboxylic acids is 1. The van der Waals surface area contributed by atoms with Crippen molar-refractivity contribution in [1.29, 1.82) is 0 Å². The van der Waals surface area contributed by atoms with Crippen LogP contribution < -0.4 is 11.5 Å². The number of phenols is 1. The Bertz CT molecular complexity index is 610. The van der Waals surface area contributed by atoms with Gasteiger partial charge in [-0.25, -0.2) is 0 Å². The van der Waals surface area contributed by atoms with E-state index in [9.17, 15) is 9.90 Å². The van der Waals surface area contributed by atoms with Gasteiger partial charge in [-0.3, -0.25) is 4.79 Å². The summed E-state index contributed by atoms with van der Waals surface area (Å²) in [6.45, 7) is -0.170. The maximum Gasteiger partial charge on any atom is 0.315 e. The topological polar surface area (TPSA) is 161 Å². The maximum absolute atomic E-state index is 10.9. The Kier molecular flexibility index (Phi) is 3.71. The van der Waals surface area contributed by atoms with Crippen LogP contribution in [-0.4, -0.2) is 43.1 Å². The first-order valence-corrected chi connectivity index (χ1v) is 5.62. The molecule has 1 aromatic carbocycles. The highest BCUT2D eigenvalue weighted by molar-refractivity contribution is 5.77. The van der Waals surface area contributed by atoms with Crippen molar-refractivity contribution in [3.8, 4) is 17.1 Å². The second-order valence-corrected chi connectivity index (χ2v) is 3.95. The molecule has 2 aromatic rings. The zero-order chi connectivity index (χ0) is 14.7. The number of phenolic OH excluding ortho intramolecular Hbond substituents is 1. The van der Waals surface area contributed by atoms with Crippen LogP contribution in [0.5, 0.6) is 5.75 Å². The normalized spacial score (nSPS) is 12.1. The van der Waals surface area contributed by atoms with Gasteiger partial charge >= 0.3 is 5.97 Å². The van der Waals surface area contributed by atoms with E-state index >= 15 is 0 Å². The number of carboxylic acids is 1. The number of hydrogen-bond acceptors (Lipinski definition) is 8. The maximum atomic E-state index is 10.9. The van der Waals surface area contributed by atoms with E-state index < -0.39 is 11.9 Å². The van der Waals surface area contributed by atoms with Crippen LogP contribution in [0.15, 0.2) is 18.2 Å². The number of rotatable bonds is 4. The Balaban J connectivity index is 2.40. The highest BCUT2D eigenvalue weighted by Gasteiger charge is 2.23. The molecule has 0 fully saturated rings. The zero-order valence-electron chi connectivity index (χ0n) is 10.3. The van der Waals surface area contributed by atoms with E-state index in [1.54, 1.807) is 12.1 Å². The summed E-state index contributed by atoms with van der Waals surface area (Å²) < 4.78 is 0. The van der Waals surface area contributed by atoms with E-state index in [0.717, 1.165) is 0 Å². The fourth-order valence-electron chi connectivity index (χ4n) is 1.59. The van der Waals surface area contributed by atoms with Crippen LogP contribution in [0.4, 0.5) is 5.69 Å². The van der Waals surface area contributed by atoms with Crippen LogP contribution in [0.25, 0.3) is 11.4 Å². The molecule has 0 aliphatic rings. The molecule has 1 aromatic heterocycles. The third-order valence-electron chi connectivity index (χ3n) is 2.64. The predicted octanol–water partition coefficient (Wildman–Crippen LogP) is -0.652. The Morgan fingerprint density at radius 2 is 1.90 bits per heavy atom. The lowest BCUT2D eigenvalue weighted by Gasteiger charge is -2.08. The SMILES string of the molecule is NCC(C(=O)O)c1nnc(-c2c(N)cccc2O)nn1. The molecule has 1 heterocycles. The lowest BCUT2D eigenvalue weighted by atomic mass is 10.1. The summed E-state index contributed by atoms with van der Waals surface area (Å²) in [6, 6.07) is 4.55. The van der Waals surface area contributed by atoms with Crippen molar-refractivity contribution in [3.63, 3.8) is 0 Å². The molecular weight excluding hydrogens is 264 g/mol. The van der Waals surface area contributed by atoms with Gasteiger partial charge in [0, 0.05) is 12.2 Å². The molecule has 2 rings (SSSR count). The summed E-state index contributed by atoms with van der Waals surface area (Å²) in [6.07, 6.45) is 0. The number of nitrogens with two attached hydrogens (primary N) is 2. The molecular formula is C11H12N6O3. The van der Waals surface area contributed by atoms with Crippen LogP contribution in [0, 0.1) is 0 Å². The van der Waals surface area contributed by atoms with Crippen LogP contribution in [0.2, 0.25) is 0 Å². The fourth-order valence-corrected chi connectivity index (χ4v) is 1.59. The summed E-state index contributed by atoms with van der Waals surface area (Å²) in [5.41, 5.74) is 11.5. The van der Waals surface area contributed by atoms with Crippen molar-refractivity contribution in [3.05, 3.63) is 24.0 Å². The van der Waals surface area contributed by atoms with Crippen molar-refractivity contribution in [2.24, 2.45) is 5.73 Å². The Morgan fingerprint density at radius 3 is 2.40 bits per heavy atom. The number of benzene rings is 1. The molecule has 0 saturated heterocycles. The molecule has 9 heteroatoms. The molecule has 0 aliphatic heterocycles. The minimum atomic E-state index is -1.16. The Labute approximate surface area is 113 Å². The molecule has 9 nitrogen and oxygen atoms in total.